The van der Waals surface area contributed by atoms with Gasteiger partial charge in [-0.2, -0.15) is 0 Å². The number of rotatable bonds is 5. The summed E-state index contributed by atoms with van der Waals surface area (Å²) in [6.45, 7) is 5.57. The average Bonchev–Trinajstić information content (AvgIpc) is 2.42. The minimum Gasteiger partial charge on any atom is -0.314 e. The molecule has 1 fully saturated rings. The second-order valence-electron chi connectivity index (χ2n) is 3.90. The van der Waals surface area contributed by atoms with Crippen LogP contribution in [-0.2, 0) is 9.59 Å². The summed E-state index contributed by atoms with van der Waals surface area (Å²) in [5.74, 6) is -0.0286. The van der Waals surface area contributed by atoms with Gasteiger partial charge in [0.1, 0.15) is 0 Å². The van der Waals surface area contributed by atoms with Gasteiger partial charge in [-0.25, -0.2) is 0 Å². The van der Waals surface area contributed by atoms with Crippen LogP contribution in [0.15, 0.2) is 0 Å². The molecule has 1 rings (SSSR count). The summed E-state index contributed by atoms with van der Waals surface area (Å²) in [6.07, 6.45) is 1.64. The maximum atomic E-state index is 11.2. The van der Waals surface area contributed by atoms with Crippen molar-refractivity contribution < 1.29 is 9.59 Å². The Hall–Kier alpha value is -0.900. The monoisotopic (exact) mass is 198 g/mol. The van der Waals surface area contributed by atoms with E-state index in [1.807, 2.05) is 0 Å². The third-order valence-electron chi connectivity index (χ3n) is 2.27. The molecule has 0 spiro atoms. The van der Waals surface area contributed by atoms with Crippen LogP contribution in [0.4, 0.5) is 0 Å². The number of likely N-dealkylation sites (tertiary alicyclic amines) is 1. The predicted molar refractivity (Wildman–Crippen MR) is 53.7 cm³/mol. The summed E-state index contributed by atoms with van der Waals surface area (Å²) >= 11 is 0. The second kappa shape index (κ2) is 5.10. The van der Waals surface area contributed by atoms with E-state index in [1.165, 1.54) is 4.90 Å². The van der Waals surface area contributed by atoms with Crippen molar-refractivity contribution in [2.75, 3.05) is 13.1 Å². The fourth-order valence-corrected chi connectivity index (χ4v) is 1.50. The van der Waals surface area contributed by atoms with Gasteiger partial charge in [0, 0.05) is 25.4 Å². The smallest absolute Gasteiger partial charge is 0.229 e. The Morgan fingerprint density at radius 1 is 1.29 bits per heavy atom. The highest BCUT2D eigenvalue weighted by Crippen LogP contribution is 2.11. The first-order valence-corrected chi connectivity index (χ1v) is 5.18. The maximum absolute atomic E-state index is 11.2. The lowest BCUT2D eigenvalue weighted by atomic mass is 10.3. The zero-order chi connectivity index (χ0) is 10.6. The molecule has 14 heavy (non-hydrogen) atoms. The molecular weight excluding hydrogens is 180 g/mol. The first kappa shape index (κ1) is 11.2. The Morgan fingerprint density at radius 2 is 1.86 bits per heavy atom. The van der Waals surface area contributed by atoms with Gasteiger partial charge in [-0.15, -0.1) is 0 Å². The van der Waals surface area contributed by atoms with Crippen LogP contribution in [0.25, 0.3) is 0 Å². The maximum Gasteiger partial charge on any atom is 0.229 e. The number of hydrogen-bond acceptors (Lipinski definition) is 3. The van der Waals surface area contributed by atoms with Crippen molar-refractivity contribution in [1.29, 1.82) is 0 Å². The first-order chi connectivity index (χ1) is 6.61. The molecule has 1 saturated heterocycles. The van der Waals surface area contributed by atoms with Gasteiger partial charge in [0.25, 0.3) is 0 Å². The molecule has 0 aromatic rings. The molecule has 4 heteroatoms. The molecule has 1 N–H and O–H groups in total. The van der Waals surface area contributed by atoms with Crippen LogP contribution in [0.5, 0.6) is 0 Å². The topological polar surface area (TPSA) is 49.4 Å². The Morgan fingerprint density at radius 3 is 2.36 bits per heavy atom. The third kappa shape index (κ3) is 3.10. The van der Waals surface area contributed by atoms with Crippen molar-refractivity contribution in [3.63, 3.8) is 0 Å². The number of hydrogen-bond donors (Lipinski definition) is 1. The first-order valence-electron chi connectivity index (χ1n) is 5.18. The van der Waals surface area contributed by atoms with E-state index in [-0.39, 0.29) is 11.8 Å². The molecule has 4 nitrogen and oxygen atoms in total. The van der Waals surface area contributed by atoms with E-state index >= 15 is 0 Å². The zero-order valence-electron chi connectivity index (χ0n) is 8.88. The summed E-state index contributed by atoms with van der Waals surface area (Å²) in [5, 5.41) is 3.25. The largest absolute Gasteiger partial charge is 0.314 e. The Labute approximate surface area is 84.7 Å². The van der Waals surface area contributed by atoms with Crippen LogP contribution in [0, 0.1) is 0 Å². The molecule has 2 amide bonds. The van der Waals surface area contributed by atoms with Gasteiger partial charge < -0.3 is 5.32 Å². The van der Waals surface area contributed by atoms with E-state index in [0.29, 0.717) is 25.4 Å². The fourth-order valence-electron chi connectivity index (χ4n) is 1.50. The highest BCUT2D eigenvalue weighted by atomic mass is 16.2. The van der Waals surface area contributed by atoms with Gasteiger partial charge in [0.05, 0.1) is 0 Å². The quantitative estimate of drug-likeness (QED) is 0.517. The normalized spacial score (nSPS) is 17.2. The van der Waals surface area contributed by atoms with Crippen molar-refractivity contribution in [3.8, 4) is 0 Å². The van der Waals surface area contributed by atoms with Crippen LogP contribution in [0.1, 0.15) is 33.1 Å². The van der Waals surface area contributed by atoms with Crippen LogP contribution >= 0.6 is 0 Å². The molecule has 0 aliphatic carbocycles. The Balaban J connectivity index is 2.17. The minimum absolute atomic E-state index is 0.0143. The van der Waals surface area contributed by atoms with Crippen molar-refractivity contribution in [1.82, 2.24) is 10.2 Å². The van der Waals surface area contributed by atoms with Crippen LogP contribution in [0.3, 0.4) is 0 Å². The van der Waals surface area contributed by atoms with Crippen LogP contribution in [0.2, 0.25) is 0 Å². The Kier molecular flexibility index (Phi) is 4.07. The molecule has 1 aliphatic heterocycles. The van der Waals surface area contributed by atoms with Gasteiger partial charge in [-0.05, 0) is 13.0 Å². The van der Waals surface area contributed by atoms with Gasteiger partial charge in [-0.1, -0.05) is 13.8 Å². The van der Waals surface area contributed by atoms with E-state index in [1.54, 1.807) is 0 Å². The van der Waals surface area contributed by atoms with Crippen LogP contribution < -0.4 is 5.32 Å². The standard InChI is InChI=1S/C10H18N2O2/c1-8(2)11-6-3-7-12-9(13)4-5-10(12)14/h8,11H,3-7H2,1-2H3. The van der Waals surface area contributed by atoms with Gasteiger partial charge in [-0.3, -0.25) is 14.5 Å². The Bertz CT molecular complexity index is 210. The number of amides is 2. The third-order valence-corrected chi connectivity index (χ3v) is 2.27. The van der Waals surface area contributed by atoms with Crippen molar-refractivity contribution in [2.24, 2.45) is 0 Å². The van der Waals surface area contributed by atoms with Gasteiger partial charge >= 0.3 is 0 Å². The number of carbonyl (C=O) groups excluding carboxylic acids is 2. The van der Waals surface area contributed by atoms with E-state index in [4.69, 9.17) is 0 Å². The molecule has 0 saturated carbocycles. The molecule has 0 aromatic heterocycles. The SMILES string of the molecule is CC(C)NCCCN1C(=O)CCC1=O. The number of nitrogens with zero attached hydrogens (tertiary/aromatic N) is 1. The second-order valence-corrected chi connectivity index (χ2v) is 3.90. The lowest BCUT2D eigenvalue weighted by molar-refractivity contribution is -0.138. The van der Waals surface area contributed by atoms with E-state index < -0.39 is 0 Å². The lowest BCUT2D eigenvalue weighted by Crippen LogP contribution is -2.33. The van der Waals surface area contributed by atoms with Gasteiger partial charge in [0.2, 0.25) is 11.8 Å². The van der Waals surface area contributed by atoms with Gasteiger partial charge in [0.15, 0.2) is 0 Å². The summed E-state index contributed by atoms with van der Waals surface area (Å²) in [4.78, 5) is 23.8. The summed E-state index contributed by atoms with van der Waals surface area (Å²) in [6, 6.07) is 0.458. The van der Waals surface area contributed by atoms with E-state index in [2.05, 4.69) is 19.2 Å². The number of nitrogens with one attached hydrogen (secondary N) is 1. The molecule has 1 heterocycles. The predicted octanol–water partition coefficient (Wildman–Crippen LogP) is 0.523. The zero-order valence-corrected chi connectivity index (χ0v) is 8.88. The highest BCUT2D eigenvalue weighted by Gasteiger charge is 2.27. The molecule has 80 valence electrons. The lowest BCUT2D eigenvalue weighted by Gasteiger charge is -2.14. The summed E-state index contributed by atoms with van der Waals surface area (Å²) in [7, 11) is 0. The number of imide groups is 1. The van der Waals surface area contributed by atoms with Crippen LogP contribution in [-0.4, -0.2) is 35.8 Å². The minimum atomic E-state index is -0.0143. The highest BCUT2D eigenvalue weighted by molar-refractivity contribution is 6.01. The fraction of sp³-hybridized carbons (Fsp3) is 0.800. The van der Waals surface area contributed by atoms with Crippen molar-refractivity contribution >= 4 is 11.8 Å². The summed E-state index contributed by atoms with van der Waals surface area (Å²) in [5.41, 5.74) is 0. The average molecular weight is 198 g/mol. The molecule has 0 unspecified atom stereocenters. The van der Waals surface area contributed by atoms with Crippen molar-refractivity contribution in [2.45, 2.75) is 39.2 Å². The molecular formula is C10H18N2O2. The molecule has 0 radical (unpaired) electrons. The number of carbonyl (C=O) groups is 2. The molecule has 0 bridgehead atoms. The molecule has 0 aromatic carbocycles. The molecule has 1 aliphatic rings. The van der Waals surface area contributed by atoms with Crippen molar-refractivity contribution in [3.05, 3.63) is 0 Å². The molecule has 0 atom stereocenters. The summed E-state index contributed by atoms with van der Waals surface area (Å²) < 4.78 is 0. The van der Waals surface area contributed by atoms with E-state index in [0.717, 1.165) is 13.0 Å². The van der Waals surface area contributed by atoms with E-state index in [9.17, 15) is 9.59 Å².